The zero-order valence-electron chi connectivity index (χ0n) is 13.5. The van der Waals surface area contributed by atoms with E-state index >= 15 is 0 Å². The summed E-state index contributed by atoms with van der Waals surface area (Å²) in [5.41, 5.74) is 0.367. The Balaban J connectivity index is 1.88. The fraction of sp³-hybridized carbons (Fsp3) is 0.467. The third-order valence-corrected chi connectivity index (χ3v) is 5.11. The first kappa shape index (κ1) is 17.1. The van der Waals surface area contributed by atoms with Crippen LogP contribution in [0, 0.1) is 0 Å². The van der Waals surface area contributed by atoms with E-state index in [1.165, 1.54) is 7.11 Å². The number of likely N-dealkylation sites (N-methyl/N-ethyl adjacent to an activating group) is 1. The summed E-state index contributed by atoms with van der Waals surface area (Å²) in [6, 6.07) is 1.87. The predicted octanol–water partition coefficient (Wildman–Crippen LogP) is 2.18. The van der Waals surface area contributed by atoms with Crippen LogP contribution in [0.1, 0.15) is 16.6 Å². The molecule has 0 aromatic carbocycles. The molecule has 0 N–H and O–H groups in total. The van der Waals surface area contributed by atoms with E-state index in [0.717, 1.165) is 49.9 Å². The van der Waals surface area contributed by atoms with E-state index in [1.807, 2.05) is 6.07 Å². The molecule has 128 valence electrons. The highest BCUT2D eigenvalue weighted by molar-refractivity contribution is 7.17. The van der Waals surface area contributed by atoms with E-state index in [-0.39, 0.29) is 4.47 Å². The minimum atomic E-state index is -0.486. The van der Waals surface area contributed by atoms with Crippen molar-refractivity contribution in [1.29, 1.82) is 0 Å². The number of carbonyl (C=O) groups excluding carboxylic acids is 1. The van der Waals surface area contributed by atoms with Crippen molar-refractivity contribution in [3.63, 3.8) is 0 Å². The van der Waals surface area contributed by atoms with E-state index in [4.69, 9.17) is 16.3 Å². The van der Waals surface area contributed by atoms with Gasteiger partial charge < -0.3 is 14.5 Å². The molecule has 2 aromatic heterocycles. The van der Waals surface area contributed by atoms with Gasteiger partial charge in [-0.2, -0.15) is 0 Å². The molecule has 0 aliphatic carbocycles. The third kappa shape index (κ3) is 3.50. The number of thiazole rings is 1. The average molecular weight is 368 g/mol. The normalized spacial score (nSPS) is 15.5. The second-order valence-corrected chi connectivity index (χ2v) is 6.88. The third-order valence-electron chi connectivity index (χ3n) is 3.97. The van der Waals surface area contributed by atoms with Gasteiger partial charge in [0.1, 0.15) is 16.4 Å². The first-order valence-electron chi connectivity index (χ1n) is 7.67. The highest BCUT2D eigenvalue weighted by Gasteiger charge is 2.23. The van der Waals surface area contributed by atoms with Crippen LogP contribution in [0.2, 0.25) is 4.47 Å². The number of methoxy groups -OCH3 is 1. The fourth-order valence-electron chi connectivity index (χ4n) is 2.61. The van der Waals surface area contributed by atoms with E-state index in [9.17, 15) is 4.79 Å². The summed E-state index contributed by atoms with van der Waals surface area (Å²) in [5.74, 6) is 0.727. The molecule has 0 atom stereocenters. The maximum atomic E-state index is 11.9. The van der Waals surface area contributed by atoms with Gasteiger partial charge in [0.2, 0.25) is 0 Å². The lowest BCUT2D eigenvalue weighted by atomic mass is 10.3. The zero-order valence-corrected chi connectivity index (χ0v) is 15.1. The molecule has 2 aromatic rings. The second kappa shape index (κ2) is 7.42. The van der Waals surface area contributed by atoms with Gasteiger partial charge in [-0.3, -0.25) is 0 Å². The van der Waals surface area contributed by atoms with Crippen molar-refractivity contribution in [3.05, 3.63) is 21.6 Å². The molecule has 1 aliphatic heterocycles. The zero-order chi connectivity index (χ0) is 17.1. The van der Waals surface area contributed by atoms with Crippen molar-refractivity contribution >= 4 is 34.7 Å². The van der Waals surface area contributed by atoms with Gasteiger partial charge in [0, 0.05) is 32.4 Å². The van der Waals surface area contributed by atoms with Crippen LogP contribution in [0.4, 0.5) is 5.82 Å². The number of hydrogen-bond acceptors (Lipinski definition) is 8. The number of carbonyl (C=O) groups is 1. The topological polar surface area (TPSA) is 71.5 Å². The number of ether oxygens (including phenoxy) is 1. The molecule has 0 radical (unpaired) electrons. The number of piperazine rings is 1. The van der Waals surface area contributed by atoms with Crippen LogP contribution < -0.4 is 4.90 Å². The number of anilines is 1. The van der Waals surface area contributed by atoms with Crippen molar-refractivity contribution in [1.82, 2.24) is 19.9 Å². The van der Waals surface area contributed by atoms with Gasteiger partial charge in [0.15, 0.2) is 10.3 Å². The summed E-state index contributed by atoms with van der Waals surface area (Å²) in [6.07, 6.45) is 1.68. The van der Waals surface area contributed by atoms with Crippen LogP contribution in [-0.2, 0) is 4.74 Å². The summed E-state index contributed by atoms with van der Waals surface area (Å²) in [7, 11) is 1.32. The number of rotatable bonds is 4. The lowest BCUT2D eigenvalue weighted by Gasteiger charge is -2.34. The standard InChI is InChI=1S/C15H18ClN5O2S/c1-3-20-6-8-21(9-7-20)10-4-5-17-13(18-10)11-12(14(22)23-2)24-15(16)19-11/h4-5H,3,6-9H2,1-2H3. The Morgan fingerprint density at radius 3 is 2.75 bits per heavy atom. The van der Waals surface area contributed by atoms with Crippen molar-refractivity contribution in [2.75, 3.05) is 44.7 Å². The van der Waals surface area contributed by atoms with E-state index < -0.39 is 5.97 Å². The van der Waals surface area contributed by atoms with Gasteiger partial charge in [-0.15, -0.1) is 0 Å². The van der Waals surface area contributed by atoms with Gasteiger partial charge in [-0.1, -0.05) is 29.9 Å². The second-order valence-electron chi connectivity index (χ2n) is 5.30. The maximum Gasteiger partial charge on any atom is 0.350 e. The Morgan fingerprint density at radius 1 is 1.33 bits per heavy atom. The summed E-state index contributed by atoms with van der Waals surface area (Å²) >= 11 is 7.03. The van der Waals surface area contributed by atoms with Crippen LogP contribution in [0.15, 0.2) is 12.3 Å². The Kier molecular flexibility index (Phi) is 5.27. The van der Waals surface area contributed by atoms with Crippen molar-refractivity contribution < 1.29 is 9.53 Å². The summed E-state index contributed by atoms with van der Waals surface area (Å²) < 4.78 is 5.04. The number of nitrogens with zero attached hydrogens (tertiary/aromatic N) is 5. The van der Waals surface area contributed by atoms with Crippen molar-refractivity contribution in [2.24, 2.45) is 0 Å². The first-order chi connectivity index (χ1) is 11.6. The van der Waals surface area contributed by atoms with Crippen LogP contribution in [0.3, 0.4) is 0 Å². The molecule has 0 bridgehead atoms. The van der Waals surface area contributed by atoms with Gasteiger partial charge in [-0.05, 0) is 12.6 Å². The molecule has 0 amide bonds. The van der Waals surface area contributed by atoms with E-state index in [2.05, 4.69) is 31.7 Å². The largest absolute Gasteiger partial charge is 0.465 e. The number of esters is 1. The lowest BCUT2D eigenvalue weighted by molar-refractivity contribution is 0.0607. The van der Waals surface area contributed by atoms with Gasteiger partial charge in [-0.25, -0.2) is 19.7 Å². The molecule has 3 heterocycles. The predicted molar refractivity (Wildman–Crippen MR) is 93.8 cm³/mol. The maximum absolute atomic E-state index is 11.9. The Hall–Kier alpha value is -1.77. The number of halogens is 1. The molecular weight excluding hydrogens is 350 g/mol. The minimum absolute atomic E-state index is 0.260. The smallest absolute Gasteiger partial charge is 0.350 e. The summed E-state index contributed by atoms with van der Waals surface area (Å²) in [5, 5.41) is 0. The molecule has 1 fully saturated rings. The molecule has 1 aliphatic rings. The highest BCUT2D eigenvalue weighted by Crippen LogP contribution is 2.30. The van der Waals surface area contributed by atoms with Crippen molar-refractivity contribution in [3.8, 4) is 11.5 Å². The monoisotopic (exact) mass is 367 g/mol. The molecule has 0 unspecified atom stereocenters. The van der Waals surface area contributed by atoms with E-state index in [0.29, 0.717) is 16.4 Å². The van der Waals surface area contributed by atoms with Gasteiger partial charge in [0.05, 0.1) is 7.11 Å². The highest BCUT2D eigenvalue weighted by atomic mass is 35.5. The van der Waals surface area contributed by atoms with Crippen LogP contribution >= 0.6 is 22.9 Å². The molecule has 7 nitrogen and oxygen atoms in total. The molecule has 24 heavy (non-hydrogen) atoms. The molecular formula is C15H18ClN5O2S. The molecule has 0 saturated carbocycles. The fourth-order valence-corrected chi connectivity index (χ4v) is 3.63. The SMILES string of the molecule is CCN1CCN(c2ccnc(-c3nc(Cl)sc3C(=O)OC)n2)CC1. The lowest BCUT2D eigenvalue weighted by Crippen LogP contribution is -2.46. The van der Waals surface area contributed by atoms with Crippen molar-refractivity contribution in [2.45, 2.75) is 6.92 Å². The number of aromatic nitrogens is 3. The number of hydrogen-bond donors (Lipinski definition) is 0. The van der Waals surface area contributed by atoms with Crippen LogP contribution in [0.25, 0.3) is 11.5 Å². The molecule has 3 rings (SSSR count). The Bertz CT molecular complexity index is 730. The molecule has 9 heteroatoms. The Labute approximate surface area is 149 Å². The minimum Gasteiger partial charge on any atom is -0.465 e. The first-order valence-corrected chi connectivity index (χ1v) is 8.87. The Morgan fingerprint density at radius 2 is 2.08 bits per heavy atom. The average Bonchev–Trinajstić information content (AvgIpc) is 3.03. The van der Waals surface area contributed by atoms with Crippen LogP contribution in [-0.4, -0.2) is 65.7 Å². The van der Waals surface area contributed by atoms with E-state index in [1.54, 1.807) is 6.20 Å². The molecule has 1 saturated heterocycles. The summed E-state index contributed by atoms with van der Waals surface area (Å²) in [4.78, 5) is 29.8. The molecule has 0 spiro atoms. The summed E-state index contributed by atoms with van der Waals surface area (Å²) in [6.45, 7) is 7.05. The van der Waals surface area contributed by atoms with Gasteiger partial charge in [0.25, 0.3) is 0 Å². The van der Waals surface area contributed by atoms with Crippen LogP contribution in [0.5, 0.6) is 0 Å². The van der Waals surface area contributed by atoms with Gasteiger partial charge >= 0.3 is 5.97 Å². The quantitative estimate of drug-likeness (QED) is 0.767.